The zero-order chi connectivity index (χ0) is 23.8. The summed E-state index contributed by atoms with van der Waals surface area (Å²) in [6.45, 7) is 4.94. The third-order valence-electron chi connectivity index (χ3n) is 5.45. The average Bonchev–Trinajstić information content (AvgIpc) is 2.71. The molecule has 3 N–H and O–H groups in total. The van der Waals surface area contributed by atoms with Crippen molar-refractivity contribution in [3.8, 4) is 16.9 Å². The van der Waals surface area contributed by atoms with Crippen LogP contribution in [0.5, 0.6) is 5.75 Å². The fraction of sp³-hybridized carbons (Fsp3) is 0.304. The van der Waals surface area contributed by atoms with Crippen LogP contribution in [0.4, 0.5) is 18.0 Å². The molecule has 0 bridgehead atoms. The van der Waals surface area contributed by atoms with E-state index in [1.807, 2.05) is 6.92 Å². The summed E-state index contributed by atoms with van der Waals surface area (Å²) in [5.74, 6) is 0.249. The molecule has 1 aromatic heterocycles. The Bertz CT molecular complexity index is 1230. The molecule has 0 aliphatic carbocycles. The Labute approximate surface area is 182 Å². The third kappa shape index (κ3) is 4.28. The highest BCUT2D eigenvalue weighted by Crippen LogP contribution is 2.42. The number of alkyl halides is 3. The number of halogens is 3. The lowest BCUT2D eigenvalue weighted by Crippen LogP contribution is -2.24. The van der Waals surface area contributed by atoms with Gasteiger partial charge in [-0.15, -0.1) is 0 Å². The SMILES string of the molecule is COc1cc(C)c2[nH]c(=O)c(C(F)(F)F)c(C)c2c1-c1ccc(C(C)COC(N)=O)cc1. The van der Waals surface area contributed by atoms with Crippen molar-refractivity contribution in [3.63, 3.8) is 0 Å². The van der Waals surface area contributed by atoms with Gasteiger partial charge in [0.2, 0.25) is 0 Å². The number of aryl methyl sites for hydroxylation is 2. The number of primary amides is 1. The van der Waals surface area contributed by atoms with E-state index in [9.17, 15) is 22.8 Å². The highest BCUT2D eigenvalue weighted by atomic mass is 19.4. The Morgan fingerprint density at radius 2 is 1.81 bits per heavy atom. The van der Waals surface area contributed by atoms with Crippen LogP contribution >= 0.6 is 0 Å². The van der Waals surface area contributed by atoms with Crippen LogP contribution < -0.4 is 16.0 Å². The van der Waals surface area contributed by atoms with Crippen LogP contribution in [-0.2, 0) is 10.9 Å². The normalized spacial score (nSPS) is 12.6. The Morgan fingerprint density at radius 1 is 1.19 bits per heavy atom. The lowest BCUT2D eigenvalue weighted by molar-refractivity contribution is -0.139. The van der Waals surface area contributed by atoms with Crippen molar-refractivity contribution in [2.75, 3.05) is 13.7 Å². The van der Waals surface area contributed by atoms with Gasteiger partial charge in [0, 0.05) is 16.9 Å². The molecule has 0 spiro atoms. The molecule has 2 aromatic carbocycles. The van der Waals surface area contributed by atoms with E-state index < -0.39 is 23.4 Å². The first kappa shape index (κ1) is 23.2. The van der Waals surface area contributed by atoms with E-state index in [-0.39, 0.29) is 23.5 Å². The number of aromatic amines is 1. The molecule has 0 aliphatic heterocycles. The molecule has 3 rings (SSSR count). The molecule has 9 heteroatoms. The molecule has 170 valence electrons. The first-order valence-electron chi connectivity index (χ1n) is 9.79. The molecule has 1 unspecified atom stereocenters. The summed E-state index contributed by atoms with van der Waals surface area (Å²) in [6, 6.07) is 8.76. The molecule has 1 atom stereocenters. The summed E-state index contributed by atoms with van der Waals surface area (Å²) in [6.07, 6.45) is -5.67. The number of methoxy groups -OCH3 is 1. The molecular weight excluding hydrogens is 425 g/mol. The second-order valence-electron chi connectivity index (χ2n) is 7.63. The standard InChI is InChI=1S/C23H23F3N2O4/c1-11-9-16(31-4)18(15-7-5-14(6-8-15)12(2)10-32-22(27)30)17-13(3)19(23(24,25)26)21(29)28-20(11)17/h5-9,12H,10H2,1-4H3,(H2,27,30)(H,28,29). The van der Waals surface area contributed by atoms with Crippen LogP contribution in [0.1, 0.15) is 35.1 Å². The van der Waals surface area contributed by atoms with Gasteiger partial charge in [-0.3, -0.25) is 4.79 Å². The lowest BCUT2D eigenvalue weighted by Gasteiger charge is -2.19. The molecule has 32 heavy (non-hydrogen) atoms. The van der Waals surface area contributed by atoms with Crippen molar-refractivity contribution in [1.82, 2.24) is 4.98 Å². The third-order valence-corrected chi connectivity index (χ3v) is 5.45. The minimum atomic E-state index is -4.81. The van der Waals surface area contributed by atoms with E-state index in [0.717, 1.165) is 5.56 Å². The van der Waals surface area contributed by atoms with Crippen LogP contribution in [-0.4, -0.2) is 24.8 Å². The van der Waals surface area contributed by atoms with Crippen LogP contribution in [0.3, 0.4) is 0 Å². The Balaban J connectivity index is 2.25. The molecule has 6 nitrogen and oxygen atoms in total. The second-order valence-corrected chi connectivity index (χ2v) is 7.63. The van der Waals surface area contributed by atoms with E-state index in [4.69, 9.17) is 15.2 Å². The maximum Gasteiger partial charge on any atom is 0.421 e. The quantitative estimate of drug-likeness (QED) is 0.572. The first-order valence-corrected chi connectivity index (χ1v) is 9.79. The lowest BCUT2D eigenvalue weighted by atomic mass is 9.91. The van der Waals surface area contributed by atoms with E-state index in [1.165, 1.54) is 14.0 Å². The number of nitrogens with one attached hydrogen (secondary N) is 1. The number of benzene rings is 2. The summed E-state index contributed by atoms with van der Waals surface area (Å²) >= 11 is 0. The Morgan fingerprint density at radius 3 is 2.34 bits per heavy atom. The van der Waals surface area contributed by atoms with Crippen LogP contribution in [0.25, 0.3) is 22.0 Å². The summed E-state index contributed by atoms with van der Waals surface area (Å²) in [5, 5.41) is 0.270. The van der Waals surface area contributed by atoms with E-state index in [1.54, 1.807) is 37.3 Å². The largest absolute Gasteiger partial charge is 0.496 e. The van der Waals surface area contributed by atoms with Crippen LogP contribution in [0.15, 0.2) is 35.1 Å². The number of fused-ring (bicyclic) bond motifs is 1. The number of aromatic nitrogens is 1. The van der Waals surface area contributed by atoms with Crippen molar-refractivity contribution in [1.29, 1.82) is 0 Å². The number of hydrogen-bond donors (Lipinski definition) is 2. The number of carbonyl (C=O) groups excluding carboxylic acids is 1. The topological polar surface area (TPSA) is 94.4 Å². The van der Waals surface area contributed by atoms with Crippen molar-refractivity contribution in [2.45, 2.75) is 32.9 Å². The zero-order valence-electron chi connectivity index (χ0n) is 18.0. The van der Waals surface area contributed by atoms with Gasteiger partial charge in [-0.05, 0) is 42.2 Å². The highest BCUT2D eigenvalue weighted by Gasteiger charge is 2.37. The average molecular weight is 448 g/mol. The molecule has 0 saturated heterocycles. The second kappa shape index (κ2) is 8.57. The first-order chi connectivity index (χ1) is 15.0. The van der Waals surface area contributed by atoms with Gasteiger partial charge < -0.3 is 20.2 Å². The molecule has 1 amide bonds. The summed E-state index contributed by atoms with van der Waals surface area (Å²) in [4.78, 5) is 25.5. The van der Waals surface area contributed by atoms with Gasteiger partial charge in [-0.2, -0.15) is 13.2 Å². The number of hydrogen-bond acceptors (Lipinski definition) is 4. The number of carbonyl (C=O) groups is 1. The minimum Gasteiger partial charge on any atom is -0.496 e. The number of nitrogens with two attached hydrogens (primary N) is 1. The van der Waals surface area contributed by atoms with Gasteiger partial charge in [0.1, 0.15) is 11.3 Å². The van der Waals surface area contributed by atoms with Crippen LogP contribution in [0.2, 0.25) is 0 Å². The summed E-state index contributed by atoms with van der Waals surface area (Å²) in [7, 11) is 1.44. The summed E-state index contributed by atoms with van der Waals surface area (Å²) < 4.78 is 51.2. The fourth-order valence-corrected chi connectivity index (χ4v) is 3.86. The molecular formula is C23H23F3N2O4. The van der Waals surface area contributed by atoms with Gasteiger partial charge in [0.05, 0.1) is 19.2 Å². The van der Waals surface area contributed by atoms with Gasteiger partial charge in [-0.25, -0.2) is 4.79 Å². The van der Waals surface area contributed by atoms with Gasteiger partial charge in [0.15, 0.2) is 0 Å². The number of pyridine rings is 1. The number of rotatable bonds is 5. The van der Waals surface area contributed by atoms with Crippen molar-refractivity contribution >= 4 is 17.0 Å². The van der Waals surface area contributed by atoms with E-state index in [2.05, 4.69) is 4.98 Å². The summed E-state index contributed by atoms with van der Waals surface area (Å²) in [5.41, 5.74) is 5.25. The number of ether oxygens (including phenoxy) is 2. The zero-order valence-corrected chi connectivity index (χ0v) is 18.0. The van der Waals surface area contributed by atoms with E-state index >= 15 is 0 Å². The molecule has 0 fully saturated rings. The molecule has 0 aliphatic rings. The maximum absolute atomic E-state index is 13.6. The van der Waals surface area contributed by atoms with Gasteiger partial charge >= 0.3 is 12.3 Å². The van der Waals surface area contributed by atoms with E-state index in [0.29, 0.717) is 28.0 Å². The molecule has 0 saturated carbocycles. The fourth-order valence-electron chi connectivity index (χ4n) is 3.86. The van der Waals surface area contributed by atoms with Crippen LogP contribution in [0, 0.1) is 13.8 Å². The predicted octanol–water partition coefficient (Wildman–Crippen LogP) is 5.04. The smallest absolute Gasteiger partial charge is 0.421 e. The monoisotopic (exact) mass is 448 g/mol. The number of amides is 1. The molecule has 0 radical (unpaired) electrons. The van der Waals surface area contributed by atoms with Crippen molar-refractivity contribution < 1.29 is 27.4 Å². The highest BCUT2D eigenvalue weighted by molar-refractivity contribution is 6.02. The van der Waals surface area contributed by atoms with Crippen molar-refractivity contribution in [3.05, 3.63) is 62.9 Å². The predicted molar refractivity (Wildman–Crippen MR) is 115 cm³/mol. The van der Waals surface area contributed by atoms with Gasteiger partial charge in [-0.1, -0.05) is 31.2 Å². The Hall–Kier alpha value is -3.49. The minimum absolute atomic E-state index is 0.0980. The molecule has 3 aromatic rings. The maximum atomic E-state index is 13.6. The number of H-pyrrole nitrogens is 1. The van der Waals surface area contributed by atoms with Crippen molar-refractivity contribution in [2.24, 2.45) is 5.73 Å². The molecule has 1 heterocycles. The Kier molecular flexibility index (Phi) is 6.20. The van der Waals surface area contributed by atoms with Gasteiger partial charge in [0.25, 0.3) is 5.56 Å².